The number of hydrogen-bond acceptors (Lipinski definition) is 8. The minimum absolute atomic E-state index is 0.0113. The van der Waals surface area contributed by atoms with Gasteiger partial charge in [0.2, 0.25) is 5.91 Å². The van der Waals surface area contributed by atoms with Crippen molar-refractivity contribution in [2.75, 3.05) is 23.5 Å². The van der Waals surface area contributed by atoms with Crippen LogP contribution in [0.4, 0.5) is 10.8 Å². The Kier molecular flexibility index (Phi) is 9.67. The van der Waals surface area contributed by atoms with Crippen LogP contribution < -0.4 is 20.7 Å². The van der Waals surface area contributed by atoms with Crippen molar-refractivity contribution in [3.05, 3.63) is 120 Å². The Balaban J connectivity index is 1.20. The van der Waals surface area contributed by atoms with E-state index in [9.17, 15) is 14.4 Å². The number of thiazole rings is 1. The van der Waals surface area contributed by atoms with E-state index in [1.807, 2.05) is 35.7 Å². The number of rotatable bonds is 11. The molecule has 2 aromatic heterocycles. The van der Waals surface area contributed by atoms with Crippen LogP contribution in [0, 0.1) is 0 Å². The average molecular weight is 611 g/mol. The Morgan fingerprint density at radius 2 is 1.77 bits per heavy atom. The summed E-state index contributed by atoms with van der Waals surface area (Å²) in [5.41, 5.74) is 2.48. The first-order valence-electron chi connectivity index (χ1n) is 13.0. The van der Waals surface area contributed by atoms with Gasteiger partial charge in [-0.05, 0) is 54.6 Å². The maximum Gasteiger partial charge on any atom is 0.272 e. The largest absolute Gasteiger partial charge is 0.496 e. The molecule has 0 spiro atoms. The highest BCUT2D eigenvalue weighted by Gasteiger charge is 2.16. The molecule has 0 fully saturated rings. The molecule has 0 bridgehead atoms. The van der Waals surface area contributed by atoms with Crippen LogP contribution in [0.2, 0.25) is 0 Å². The van der Waals surface area contributed by atoms with Crippen molar-refractivity contribution < 1.29 is 23.5 Å². The summed E-state index contributed by atoms with van der Waals surface area (Å²) in [5, 5.41) is 10.7. The minimum atomic E-state index is -0.532. The molecule has 0 aliphatic rings. The number of thioether (sulfide) groups is 1. The van der Waals surface area contributed by atoms with E-state index in [-0.39, 0.29) is 17.4 Å². The maximum absolute atomic E-state index is 13.2. The van der Waals surface area contributed by atoms with Crippen molar-refractivity contribution >= 4 is 57.7 Å². The van der Waals surface area contributed by atoms with Gasteiger partial charge in [0.25, 0.3) is 11.8 Å². The molecule has 0 aliphatic carbocycles. The second-order valence-corrected chi connectivity index (χ2v) is 10.9. The van der Waals surface area contributed by atoms with Gasteiger partial charge in [0, 0.05) is 33.2 Å². The van der Waals surface area contributed by atoms with Crippen molar-refractivity contribution in [1.82, 2.24) is 10.3 Å². The van der Waals surface area contributed by atoms with Gasteiger partial charge < -0.3 is 25.1 Å². The van der Waals surface area contributed by atoms with Crippen LogP contribution in [-0.2, 0) is 9.59 Å². The number of methoxy groups -OCH3 is 1. The number of carbonyl (C=O) groups is 3. The molecular formula is C32H26N4O5S2. The van der Waals surface area contributed by atoms with Gasteiger partial charge in [-0.1, -0.05) is 36.4 Å². The molecule has 9 nitrogen and oxygen atoms in total. The number of ether oxygens (including phenoxy) is 1. The monoisotopic (exact) mass is 610 g/mol. The molecule has 2 heterocycles. The lowest BCUT2D eigenvalue weighted by molar-refractivity contribution is -0.114. The first-order valence-corrected chi connectivity index (χ1v) is 14.9. The van der Waals surface area contributed by atoms with Gasteiger partial charge in [0.15, 0.2) is 5.13 Å². The third-order valence-corrected chi connectivity index (χ3v) is 7.71. The number of amides is 3. The summed E-state index contributed by atoms with van der Waals surface area (Å²) in [5.74, 6) is 0.0685. The van der Waals surface area contributed by atoms with Crippen molar-refractivity contribution in [2.45, 2.75) is 4.90 Å². The second kappa shape index (κ2) is 14.2. The zero-order valence-electron chi connectivity index (χ0n) is 22.9. The van der Waals surface area contributed by atoms with Crippen LogP contribution in [0.5, 0.6) is 5.75 Å². The average Bonchev–Trinajstić information content (AvgIpc) is 3.73. The summed E-state index contributed by atoms with van der Waals surface area (Å²) < 4.78 is 10.7. The van der Waals surface area contributed by atoms with Crippen LogP contribution in [-0.4, -0.2) is 35.6 Å². The molecule has 3 N–H and O–H groups in total. The van der Waals surface area contributed by atoms with Gasteiger partial charge in [-0.25, -0.2) is 4.98 Å². The van der Waals surface area contributed by atoms with Crippen LogP contribution >= 0.6 is 23.1 Å². The van der Waals surface area contributed by atoms with Crippen molar-refractivity contribution in [3.8, 4) is 17.0 Å². The summed E-state index contributed by atoms with van der Waals surface area (Å²) in [6.07, 6.45) is 2.93. The fraction of sp³-hybridized carbons (Fsp3) is 0.0625. The zero-order chi connectivity index (χ0) is 30.0. The molecule has 0 radical (unpaired) electrons. The smallest absolute Gasteiger partial charge is 0.272 e. The molecule has 5 aromatic rings. The number of anilines is 2. The molecular weight excluding hydrogens is 585 g/mol. The highest BCUT2D eigenvalue weighted by molar-refractivity contribution is 8.00. The molecule has 3 amide bonds. The van der Waals surface area contributed by atoms with Crippen molar-refractivity contribution in [1.29, 1.82) is 0 Å². The first-order chi connectivity index (χ1) is 21.0. The maximum atomic E-state index is 13.2. The fourth-order valence-corrected chi connectivity index (χ4v) is 5.42. The number of aromatic nitrogens is 1. The highest BCUT2D eigenvalue weighted by atomic mass is 32.2. The van der Waals surface area contributed by atoms with Gasteiger partial charge in [-0.15, -0.1) is 23.1 Å². The number of para-hydroxylation sites is 1. The second-order valence-electron chi connectivity index (χ2n) is 8.95. The summed E-state index contributed by atoms with van der Waals surface area (Å²) in [7, 11) is 1.60. The molecule has 0 unspecified atom stereocenters. The van der Waals surface area contributed by atoms with Crippen LogP contribution in [0.15, 0.2) is 118 Å². The third kappa shape index (κ3) is 8.00. The van der Waals surface area contributed by atoms with Crippen molar-refractivity contribution in [3.63, 3.8) is 0 Å². The number of carbonyl (C=O) groups excluding carboxylic acids is 3. The summed E-state index contributed by atoms with van der Waals surface area (Å²) in [4.78, 5) is 43.9. The SMILES string of the molecule is COc1ccccc1-c1csc(NC(=O)CSc2cccc(NC(=O)/C(=C/c3ccco3)NC(=O)c3ccccc3)c2)n1. The van der Waals surface area contributed by atoms with E-state index in [4.69, 9.17) is 9.15 Å². The van der Waals surface area contributed by atoms with E-state index in [1.165, 1.54) is 35.4 Å². The lowest BCUT2D eigenvalue weighted by Gasteiger charge is -2.12. The molecule has 11 heteroatoms. The predicted octanol–water partition coefficient (Wildman–Crippen LogP) is 6.55. The summed E-state index contributed by atoms with van der Waals surface area (Å²) in [6.45, 7) is 0. The number of nitrogens with one attached hydrogen (secondary N) is 3. The molecule has 0 saturated heterocycles. The summed E-state index contributed by atoms with van der Waals surface area (Å²) >= 11 is 2.64. The van der Waals surface area contributed by atoms with Gasteiger partial charge in [0.1, 0.15) is 17.2 Å². The molecule has 0 aliphatic heterocycles. The fourth-order valence-electron chi connectivity index (χ4n) is 3.94. The van der Waals surface area contributed by atoms with E-state index >= 15 is 0 Å². The lowest BCUT2D eigenvalue weighted by Crippen LogP contribution is -2.30. The Morgan fingerprint density at radius 3 is 2.56 bits per heavy atom. The molecule has 216 valence electrons. The Bertz CT molecular complexity index is 1750. The zero-order valence-corrected chi connectivity index (χ0v) is 24.5. The topological polar surface area (TPSA) is 123 Å². The Labute approximate surface area is 256 Å². The number of furan rings is 1. The standard InChI is InChI=1S/C32H26N4O5S2/c1-40-28-15-6-5-14-25(28)27-19-43-32(35-27)36-29(37)20-42-24-13-7-11-22(17-24)33-31(39)26(18-23-12-8-16-41-23)34-30(38)21-9-3-2-4-10-21/h2-19H,20H2,1H3,(H,33,39)(H,34,38)(H,35,36,37)/b26-18-. The van der Waals surface area contributed by atoms with Gasteiger partial charge >= 0.3 is 0 Å². The molecule has 43 heavy (non-hydrogen) atoms. The van der Waals surface area contributed by atoms with Crippen LogP contribution in [0.25, 0.3) is 17.3 Å². The van der Waals surface area contributed by atoms with Crippen molar-refractivity contribution in [2.24, 2.45) is 0 Å². The number of hydrogen-bond donors (Lipinski definition) is 3. The quantitative estimate of drug-likeness (QED) is 0.114. The van der Waals surface area contributed by atoms with Gasteiger partial charge in [-0.2, -0.15) is 0 Å². The molecule has 0 saturated carbocycles. The number of benzene rings is 3. The highest BCUT2D eigenvalue weighted by Crippen LogP contribution is 2.32. The third-order valence-electron chi connectivity index (χ3n) is 5.95. The molecule has 3 aromatic carbocycles. The number of nitrogens with zero attached hydrogens (tertiary/aromatic N) is 1. The van der Waals surface area contributed by atoms with Crippen LogP contribution in [0.1, 0.15) is 16.1 Å². The molecule has 5 rings (SSSR count). The normalized spacial score (nSPS) is 11.0. The first kappa shape index (κ1) is 29.4. The van der Waals surface area contributed by atoms with Gasteiger partial charge in [-0.3, -0.25) is 14.4 Å². The minimum Gasteiger partial charge on any atom is -0.496 e. The van der Waals surface area contributed by atoms with Gasteiger partial charge in [0.05, 0.1) is 24.8 Å². The van der Waals surface area contributed by atoms with Crippen LogP contribution in [0.3, 0.4) is 0 Å². The predicted molar refractivity (Wildman–Crippen MR) is 169 cm³/mol. The molecule has 0 atom stereocenters. The van der Waals surface area contributed by atoms with E-state index in [0.717, 1.165) is 10.5 Å². The van der Waals surface area contributed by atoms with E-state index in [1.54, 1.807) is 67.8 Å². The van der Waals surface area contributed by atoms with E-state index in [2.05, 4.69) is 20.9 Å². The lowest BCUT2D eigenvalue weighted by atomic mass is 10.1. The van der Waals surface area contributed by atoms with E-state index in [0.29, 0.717) is 33.6 Å². The van der Waals surface area contributed by atoms with E-state index < -0.39 is 11.8 Å². The Morgan fingerprint density at radius 1 is 0.953 bits per heavy atom. The Hall–Kier alpha value is -5.13. The summed E-state index contributed by atoms with van der Waals surface area (Å²) in [6, 6.07) is 26.6.